The molecule has 0 bridgehead atoms. The highest BCUT2D eigenvalue weighted by atomic mass is 16.7. The highest BCUT2D eigenvalue weighted by Gasteiger charge is 2.23. The maximum absolute atomic E-state index is 13.8. The minimum Gasteiger partial charge on any atom is -0.434 e. The van der Waals surface area contributed by atoms with Crippen molar-refractivity contribution in [2.75, 3.05) is 53.6 Å². The second kappa shape index (κ2) is 46.5. The van der Waals surface area contributed by atoms with E-state index in [2.05, 4.69) is 58.5 Å². The molecular weight excluding hydrogens is 789 g/mol. The lowest BCUT2D eigenvalue weighted by molar-refractivity contribution is -0.134. The van der Waals surface area contributed by atoms with Crippen molar-refractivity contribution in [3.05, 3.63) is 0 Å². The number of nitrogens with zero attached hydrogens (tertiary/aromatic N) is 2. The first-order valence-electron chi connectivity index (χ1n) is 27.2. The largest absolute Gasteiger partial charge is 0.508 e. The highest BCUT2D eigenvalue weighted by Crippen LogP contribution is 2.23. The Kier molecular flexibility index (Phi) is 45.0. The first kappa shape index (κ1) is 61.0. The minimum atomic E-state index is -0.514. The van der Waals surface area contributed by atoms with Crippen LogP contribution >= 0.6 is 0 Å². The third kappa shape index (κ3) is 40.0. The summed E-state index contributed by atoms with van der Waals surface area (Å²) >= 11 is 0. The van der Waals surface area contributed by atoms with Gasteiger partial charge in [-0.25, -0.2) is 9.59 Å². The van der Waals surface area contributed by atoms with Crippen LogP contribution in [0.2, 0.25) is 0 Å². The molecule has 0 aromatic carbocycles. The third-order valence-electron chi connectivity index (χ3n) is 12.8. The number of rotatable bonds is 47. The Morgan fingerprint density at radius 2 is 0.746 bits per heavy atom. The summed E-state index contributed by atoms with van der Waals surface area (Å²) in [5.74, 6) is 1.22. The lowest BCUT2D eigenvalue weighted by Crippen LogP contribution is -2.41. The van der Waals surface area contributed by atoms with Crippen molar-refractivity contribution in [1.29, 1.82) is 0 Å². The molecule has 0 aromatic heterocycles. The number of ether oxygens (including phenoxy) is 4. The minimum absolute atomic E-state index is 0.270. The summed E-state index contributed by atoms with van der Waals surface area (Å²) in [7, 11) is 4.22. The number of hydrogen-bond donors (Lipinski definition) is 0. The van der Waals surface area contributed by atoms with E-state index in [0.29, 0.717) is 50.6 Å². The summed E-state index contributed by atoms with van der Waals surface area (Å²) in [5, 5.41) is 0. The maximum Gasteiger partial charge on any atom is 0.508 e. The molecule has 0 aliphatic carbocycles. The zero-order chi connectivity index (χ0) is 46.4. The fourth-order valence-electron chi connectivity index (χ4n) is 8.67. The SMILES string of the molecule is CCCCCCCC(=O)N(CCCN(C)C)C(CCCCCCCOC(=O)OCC(CCCC)CCCCCC)CCCCCCCOC(=O)OCC(CCCC)CCCCCC. The van der Waals surface area contributed by atoms with Crippen molar-refractivity contribution in [2.45, 2.75) is 265 Å². The molecule has 2 unspecified atom stereocenters. The summed E-state index contributed by atoms with van der Waals surface area (Å²) in [6.45, 7) is 14.7. The number of unbranched alkanes of at least 4 members (excludes halogenated alkanes) is 20. The van der Waals surface area contributed by atoms with Crippen LogP contribution in [-0.2, 0) is 23.7 Å². The number of amides is 1. The van der Waals surface area contributed by atoms with Crippen LogP contribution in [0.4, 0.5) is 9.59 Å². The van der Waals surface area contributed by atoms with Gasteiger partial charge in [-0.1, -0.05) is 189 Å². The molecule has 374 valence electrons. The lowest BCUT2D eigenvalue weighted by Gasteiger charge is -2.33. The van der Waals surface area contributed by atoms with Crippen LogP contribution in [0.3, 0.4) is 0 Å². The quantitative estimate of drug-likeness (QED) is 0.0440. The molecule has 0 aliphatic rings. The van der Waals surface area contributed by atoms with E-state index in [1.807, 2.05) is 0 Å². The van der Waals surface area contributed by atoms with Crippen LogP contribution in [0.1, 0.15) is 259 Å². The van der Waals surface area contributed by atoms with Crippen molar-refractivity contribution < 1.29 is 33.3 Å². The van der Waals surface area contributed by atoms with Crippen molar-refractivity contribution in [2.24, 2.45) is 11.8 Å². The van der Waals surface area contributed by atoms with E-state index in [9.17, 15) is 14.4 Å². The van der Waals surface area contributed by atoms with Crippen LogP contribution in [0, 0.1) is 11.8 Å². The predicted octanol–water partition coefficient (Wildman–Crippen LogP) is 16.0. The van der Waals surface area contributed by atoms with Gasteiger partial charge in [-0.3, -0.25) is 4.79 Å². The van der Waals surface area contributed by atoms with Gasteiger partial charge in [-0.05, 0) is 96.7 Å². The Hall–Kier alpha value is -2.03. The van der Waals surface area contributed by atoms with Crippen LogP contribution in [0.25, 0.3) is 0 Å². The average Bonchev–Trinajstić information content (AvgIpc) is 3.27. The Bertz CT molecular complexity index is 955. The Morgan fingerprint density at radius 3 is 1.19 bits per heavy atom. The average molecular weight is 895 g/mol. The Balaban J connectivity index is 4.91. The van der Waals surface area contributed by atoms with E-state index in [1.165, 1.54) is 96.3 Å². The van der Waals surface area contributed by atoms with Gasteiger partial charge in [0.2, 0.25) is 5.91 Å². The van der Waals surface area contributed by atoms with Gasteiger partial charge in [0.25, 0.3) is 0 Å². The second-order valence-electron chi connectivity index (χ2n) is 19.2. The smallest absolute Gasteiger partial charge is 0.434 e. The summed E-state index contributed by atoms with van der Waals surface area (Å²) in [5.41, 5.74) is 0. The van der Waals surface area contributed by atoms with Gasteiger partial charge in [-0.15, -0.1) is 0 Å². The van der Waals surface area contributed by atoms with E-state index in [-0.39, 0.29) is 6.04 Å². The van der Waals surface area contributed by atoms with E-state index in [4.69, 9.17) is 18.9 Å². The summed E-state index contributed by atoms with van der Waals surface area (Å²) in [6, 6.07) is 0.270. The standard InChI is InChI=1S/C54H106N2O7/c1-8-13-18-23-32-42-52(57)56(44-35-43-55(6)7)51(40-30-24-21-26-33-45-60-53(58)62-47-49(36-16-11-4)38-28-19-14-9-2)41-31-25-22-27-34-46-61-54(59)63-48-50(37-17-12-5)39-29-20-15-10-3/h49-51H,8-48H2,1-7H3. The number of carbonyl (C=O) groups is 3. The van der Waals surface area contributed by atoms with E-state index < -0.39 is 12.3 Å². The van der Waals surface area contributed by atoms with E-state index in [0.717, 1.165) is 135 Å². The monoisotopic (exact) mass is 895 g/mol. The molecule has 0 N–H and O–H groups in total. The zero-order valence-electron chi connectivity index (χ0n) is 43.0. The van der Waals surface area contributed by atoms with Gasteiger partial charge >= 0.3 is 12.3 Å². The maximum atomic E-state index is 13.8. The number of hydrogen-bond acceptors (Lipinski definition) is 8. The normalized spacial score (nSPS) is 12.9. The van der Waals surface area contributed by atoms with Gasteiger partial charge in [-0.2, -0.15) is 0 Å². The molecule has 9 nitrogen and oxygen atoms in total. The molecule has 9 heteroatoms. The molecular formula is C54H106N2O7. The fraction of sp³-hybridized carbons (Fsp3) is 0.944. The van der Waals surface area contributed by atoms with Crippen molar-refractivity contribution in [1.82, 2.24) is 9.80 Å². The molecule has 0 spiro atoms. The molecule has 0 aliphatic heterocycles. The summed E-state index contributed by atoms with van der Waals surface area (Å²) in [6.07, 6.45) is 38.0. The van der Waals surface area contributed by atoms with E-state index in [1.54, 1.807) is 0 Å². The molecule has 63 heavy (non-hydrogen) atoms. The molecule has 0 saturated heterocycles. The van der Waals surface area contributed by atoms with Crippen LogP contribution in [0.5, 0.6) is 0 Å². The zero-order valence-corrected chi connectivity index (χ0v) is 43.0. The highest BCUT2D eigenvalue weighted by molar-refractivity contribution is 5.76. The third-order valence-corrected chi connectivity index (χ3v) is 12.8. The first-order valence-corrected chi connectivity index (χ1v) is 27.2. The second-order valence-corrected chi connectivity index (χ2v) is 19.2. The lowest BCUT2D eigenvalue weighted by atomic mass is 9.96. The van der Waals surface area contributed by atoms with E-state index >= 15 is 0 Å². The predicted molar refractivity (Wildman–Crippen MR) is 266 cm³/mol. The molecule has 0 aromatic rings. The molecule has 0 fully saturated rings. The molecule has 0 heterocycles. The summed E-state index contributed by atoms with van der Waals surface area (Å²) in [4.78, 5) is 43.0. The summed E-state index contributed by atoms with van der Waals surface area (Å²) < 4.78 is 22.0. The molecule has 2 atom stereocenters. The molecule has 0 radical (unpaired) electrons. The Labute approximate surface area is 391 Å². The molecule has 0 rings (SSSR count). The first-order chi connectivity index (χ1) is 30.7. The van der Waals surface area contributed by atoms with Crippen molar-refractivity contribution in [3.8, 4) is 0 Å². The van der Waals surface area contributed by atoms with Crippen molar-refractivity contribution in [3.63, 3.8) is 0 Å². The van der Waals surface area contributed by atoms with Crippen LogP contribution in [0.15, 0.2) is 0 Å². The van der Waals surface area contributed by atoms with Gasteiger partial charge in [0.15, 0.2) is 0 Å². The van der Waals surface area contributed by atoms with Gasteiger partial charge < -0.3 is 28.7 Å². The van der Waals surface area contributed by atoms with Crippen LogP contribution < -0.4 is 0 Å². The molecule has 1 amide bonds. The molecule has 0 saturated carbocycles. The fourth-order valence-corrected chi connectivity index (χ4v) is 8.67. The van der Waals surface area contributed by atoms with Crippen molar-refractivity contribution >= 4 is 18.2 Å². The topological polar surface area (TPSA) is 94.6 Å². The number of carbonyl (C=O) groups excluding carboxylic acids is 3. The van der Waals surface area contributed by atoms with Gasteiger partial charge in [0.05, 0.1) is 26.4 Å². The van der Waals surface area contributed by atoms with Gasteiger partial charge in [0.1, 0.15) is 0 Å². The van der Waals surface area contributed by atoms with Gasteiger partial charge in [0, 0.05) is 19.0 Å². The van der Waals surface area contributed by atoms with Crippen LogP contribution in [-0.4, -0.2) is 87.7 Å². The Morgan fingerprint density at radius 1 is 0.381 bits per heavy atom.